The van der Waals surface area contributed by atoms with Gasteiger partial charge in [-0.05, 0) is 54.7 Å². The zero-order valence-corrected chi connectivity index (χ0v) is 16.4. The standard InChI is InChI=1S/C11H10F2O.C8H6F2.C3H4N2O/c1-6(14)8-5-9(8)7-2-3-10(12)11(13)4-7;1-2-6-3-4-7(9)8(10)5-6;1-3(6)2-5-4/h2-4,8-9H,5H2,1H3;2-5H,1H2;2H,1H3. The molecule has 2 aromatic carbocycles. The molecule has 4 nitrogen and oxygen atoms in total. The summed E-state index contributed by atoms with van der Waals surface area (Å²) in [6.45, 7) is 6.25. The number of carbonyl (C=O) groups is 2. The molecule has 158 valence electrons. The van der Waals surface area contributed by atoms with Crippen LogP contribution in [0.2, 0.25) is 0 Å². The Morgan fingerprint density at radius 2 is 1.57 bits per heavy atom. The molecule has 0 amide bonds. The van der Waals surface area contributed by atoms with Crippen LogP contribution in [0.15, 0.2) is 43.0 Å². The van der Waals surface area contributed by atoms with Crippen molar-refractivity contribution < 1.29 is 31.9 Å². The largest absolute Gasteiger partial charge is 0.361 e. The molecule has 0 saturated heterocycles. The molecule has 2 unspecified atom stereocenters. The van der Waals surface area contributed by atoms with E-state index in [9.17, 15) is 27.2 Å². The van der Waals surface area contributed by atoms with E-state index in [1.54, 1.807) is 6.07 Å². The number of hydrogen-bond donors (Lipinski definition) is 0. The van der Waals surface area contributed by atoms with Crippen molar-refractivity contribution in [3.05, 3.63) is 82.9 Å². The summed E-state index contributed by atoms with van der Waals surface area (Å²) in [5.74, 6) is -3.35. The van der Waals surface area contributed by atoms with Crippen LogP contribution >= 0.6 is 0 Å². The van der Waals surface area contributed by atoms with Gasteiger partial charge in [0.25, 0.3) is 0 Å². The first-order valence-corrected chi connectivity index (χ1v) is 8.81. The molecule has 2 atom stereocenters. The van der Waals surface area contributed by atoms with E-state index in [0.717, 1.165) is 36.4 Å². The van der Waals surface area contributed by atoms with E-state index in [4.69, 9.17) is 5.53 Å². The van der Waals surface area contributed by atoms with Crippen LogP contribution in [-0.2, 0) is 9.59 Å². The maximum absolute atomic E-state index is 12.8. The van der Waals surface area contributed by atoms with Crippen LogP contribution in [0, 0.1) is 29.2 Å². The number of hydrogen-bond acceptors (Lipinski definition) is 2. The Morgan fingerprint density at radius 3 is 1.93 bits per heavy atom. The van der Waals surface area contributed by atoms with Gasteiger partial charge in [0.2, 0.25) is 5.78 Å². The second-order valence-corrected chi connectivity index (χ2v) is 6.47. The molecule has 1 fully saturated rings. The van der Waals surface area contributed by atoms with Crippen molar-refractivity contribution in [2.75, 3.05) is 0 Å². The predicted molar refractivity (Wildman–Crippen MR) is 105 cm³/mol. The quantitative estimate of drug-likeness (QED) is 0.297. The number of benzene rings is 2. The van der Waals surface area contributed by atoms with E-state index in [1.165, 1.54) is 32.1 Å². The van der Waals surface area contributed by atoms with Crippen molar-refractivity contribution >= 4 is 23.9 Å². The van der Waals surface area contributed by atoms with Crippen LogP contribution in [0.3, 0.4) is 0 Å². The molecule has 0 aliphatic heterocycles. The second-order valence-electron chi connectivity index (χ2n) is 6.47. The minimum atomic E-state index is -0.839. The van der Waals surface area contributed by atoms with Crippen molar-refractivity contribution in [3.8, 4) is 0 Å². The zero-order valence-electron chi connectivity index (χ0n) is 16.4. The van der Waals surface area contributed by atoms with Gasteiger partial charge < -0.3 is 5.53 Å². The van der Waals surface area contributed by atoms with Crippen LogP contribution in [0.4, 0.5) is 17.6 Å². The number of Topliss-reactive ketones (excluding diaryl/α,β-unsaturated/α-hetero) is 2. The average molecular weight is 420 g/mol. The van der Waals surface area contributed by atoms with Crippen molar-refractivity contribution in [1.82, 2.24) is 0 Å². The zero-order chi connectivity index (χ0) is 22.8. The van der Waals surface area contributed by atoms with Gasteiger partial charge in [-0.25, -0.2) is 17.6 Å². The predicted octanol–water partition coefficient (Wildman–Crippen LogP) is 5.14. The highest BCUT2D eigenvalue weighted by Gasteiger charge is 2.41. The molecule has 0 aromatic heterocycles. The molecular weight excluding hydrogens is 400 g/mol. The lowest BCUT2D eigenvalue weighted by atomic mass is 10.1. The molecule has 2 aromatic rings. The molecule has 0 heterocycles. The van der Waals surface area contributed by atoms with Crippen LogP contribution in [0.5, 0.6) is 0 Å². The topological polar surface area (TPSA) is 70.5 Å². The van der Waals surface area contributed by atoms with Gasteiger partial charge in [0.05, 0.1) is 0 Å². The maximum atomic E-state index is 12.8. The van der Waals surface area contributed by atoms with Crippen molar-refractivity contribution in [2.24, 2.45) is 5.92 Å². The molecule has 3 rings (SSSR count). The minimum absolute atomic E-state index is 0.0138. The summed E-state index contributed by atoms with van der Waals surface area (Å²) < 4.78 is 50.0. The molecule has 0 radical (unpaired) electrons. The molecule has 1 aliphatic rings. The second kappa shape index (κ2) is 11.6. The van der Waals surface area contributed by atoms with Gasteiger partial charge in [-0.15, -0.1) is 0 Å². The van der Waals surface area contributed by atoms with E-state index in [0.29, 0.717) is 5.56 Å². The minimum Gasteiger partial charge on any atom is -0.361 e. The van der Waals surface area contributed by atoms with Gasteiger partial charge >= 0.3 is 6.21 Å². The maximum Gasteiger partial charge on any atom is 0.322 e. The lowest BCUT2D eigenvalue weighted by Gasteiger charge is -1.99. The van der Waals surface area contributed by atoms with Crippen LogP contribution in [-0.4, -0.2) is 22.6 Å². The molecule has 1 saturated carbocycles. The Balaban J connectivity index is 0.000000247. The first-order chi connectivity index (χ1) is 14.1. The van der Waals surface area contributed by atoms with E-state index < -0.39 is 23.3 Å². The monoisotopic (exact) mass is 420 g/mol. The third kappa shape index (κ3) is 7.93. The highest BCUT2D eigenvalue weighted by molar-refractivity contribution is 6.23. The molecule has 0 spiro atoms. The third-order valence-electron chi connectivity index (χ3n) is 4.10. The lowest BCUT2D eigenvalue weighted by Crippen LogP contribution is -1.95. The van der Waals surface area contributed by atoms with Gasteiger partial charge in [-0.2, -0.15) is 4.79 Å². The first kappa shape index (κ1) is 24.7. The van der Waals surface area contributed by atoms with Gasteiger partial charge in [-0.1, -0.05) is 24.8 Å². The molecule has 0 bridgehead atoms. The number of rotatable bonds is 4. The van der Waals surface area contributed by atoms with Gasteiger partial charge in [-0.3, -0.25) is 9.59 Å². The SMILES string of the molecule is C=Cc1ccc(F)c(F)c1.CC(=O)C1CC1c1ccc(F)c(F)c1.CC(=O)C=[N+]=[N-]. The average Bonchev–Trinajstić information content (AvgIpc) is 3.48. The fraction of sp³-hybridized carbons (Fsp3) is 0.227. The summed E-state index contributed by atoms with van der Waals surface area (Å²) in [5, 5.41) is 0. The molecule has 30 heavy (non-hydrogen) atoms. The fourth-order valence-electron chi connectivity index (χ4n) is 2.48. The van der Waals surface area contributed by atoms with Crippen molar-refractivity contribution in [1.29, 1.82) is 0 Å². The fourth-order valence-corrected chi connectivity index (χ4v) is 2.48. The van der Waals surface area contributed by atoms with E-state index in [2.05, 4.69) is 11.4 Å². The van der Waals surface area contributed by atoms with Crippen LogP contribution < -0.4 is 0 Å². The number of halogens is 4. The highest BCUT2D eigenvalue weighted by Crippen LogP contribution is 2.48. The molecule has 1 aliphatic carbocycles. The number of ketones is 2. The Bertz CT molecular complexity index is 985. The first-order valence-electron chi connectivity index (χ1n) is 8.81. The van der Waals surface area contributed by atoms with Gasteiger partial charge in [0.1, 0.15) is 5.78 Å². The lowest BCUT2D eigenvalue weighted by molar-refractivity contribution is -0.118. The third-order valence-corrected chi connectivity index (χ3v) is 4.10. The summed E-state index contributed by atoms with van der Waals surface area (Å²) in [5.41, 5.74) is 8.89. The van der Waals surface area contributed by atoms with E-state index in [1.807, 2.05) is 0 Å². The summed E-state index contributed by atoms with van der Waals surface area (Å²) in [6.07, 6.45) is 3.06. The van der Waals surface area contributed by atoms with Crippen molar-refractivity contribution in [2.45, 2.75) is 26.2 Å². The van der Waals surface area contributed by atoms with E-state index >= 15 is 0 Å². The summed E-state index contributed by atoms with van der Waals surface area (Å²) >= 11 is 0. The Kier molecular flexibility index (Phi) is 9.52. The summed E-state index contributed by atoms with van der Waals surface area (Å²) in [7, 11) is 0. The molecule has 0 N–H and O–H groups in total. The number of nitrogens with zero attached hydrogens (tertiary/aromatic N) is 2. The summed E-state index contributed by atoms with van der Waals surface area (Å²) in [4.78, 5) is 23.2. The highest BCUT2D eigenvalue weighted by atomic mass is 19.2. The molecular formula is C22H20F4N2O2. The molecule has 8 heteroatoms. The smallest absolute Gasteiger partial charge is 0.322 e. The normalized spacial score (nSPS) is 15.9. The van der Waals surface area contributed by atoms with Gasteiger partial charge in [0.15, 0.2) is 23.3 Å². The van der Waals surface area contributed by atoms with E-state index in [-0.39, 0.29) is 23.4 Å². The summed E-state index contributed by atoms with van der Waals surface area (Å²) in [6, 6.07) is 7.48. The Morgan fingerprint density at radius 1 is 1.00 bits per heavy atom. The Hall–Kier alpha value is -3.38. The Labute approximate surface area is 171 Å². The van der Waals surface area contributed by atoms with Crippen molar-refractivity contribution in [3.63, 3.8) is 0 Å². The number of carbonyl (C=O) groups excluding carboxylic acids is 2. The van der Waals surface area contributed by atoms with Crippen LogP contribution in [0.25, 0.3) is 11.6 Å². The van der Waals surface area contributed by atoms with Crippen LogP contribution in [0.1, 0.15) is 37.3 Å². The van der Waals surface area contributed by atoms with Gasteiger partial charge in [0, 0.05) is 12.8 Å².